The molecule has 0 aliphatic heterocycles. The van der Waals surface area contributed by atoms with Crippen molar-refractivity contribution >= 4 is 16.8 Å². The van der Waals surface area contributed by atoms with Gasteiger partial charge in [0.2, 0.25) is 0 Å². The fraction of sp³-hybridized carbons (Fsp3) is 0.238. The van der Waals surface area contributed by atoms with Crippen LogP contribution >= 0.6 is 0 Å². The van der Waals surface area contributed by atoms with E-state index in [0.29, 0.717) is 17.1 Å². The van der Waals surface area contributed by atoms with Crippen LogP contribution in [0, 0.1) is 0 Å². The number of H-pyrrole nitrogens is 1. The van der Waals surface area contributed by atoms with Crippen LogP contribution in [0.15, 0.2) is 59.3 Å². The Balaban J connectivity index is 1.49. The van der Waals surface area contributed by atoms with Gasteiger partial charge in [0.15, 0.2) is 11.5 Å². The zero-order valence-electron chi connectivity index (χ0n) is 15.4. The van der Waals surface area contributed by atoms with E-state index >= 15 is 0 Å². The molecule has 1 atom stereocenters. The molecule has 4 rings (SSSR count). The predicted octanol–water partition coefficient (Wildman–Crippen LogP) is 3.91. The fourth-order valence-electron chi connectivity index (χ4n) is 3.41. The molecule has 0 bridgehead atoms. The number of para-hydroxylation sites is 1. The number of carbonyl (C=O) groups excluding carboxylic acids is 1. The average Bonchev–Trinajstić information content (AvgIpc) is 3.42. The molecule has 0 aliphatic rings. The quantitative estimate of drug-likeness (QED) is 0.546. The molecule has 3 aromatic heterocycles. The number of hydrogen-bond acceptors (Lipinski definition) is 3. The van der Waals surface area contributed by atoms with Gasteiger partial charge < -0.3 is 14.3 Å². The van der Waals surface area contributed by atoms with Crippen molar-refractivity contribution in [2.75, 3.05) is 0 Å². The molecule has 6 heteroatoms. The van der Waals surface area contributed by atoms with Crippen LogP contribution in [0.25, 0.3) is 22.4 Å². The van der Waals surface area contributed by atoms with E-state index in [-0.39, 0.29) is 11.9 Å². The molecule has 0 fully saturated rings. The minimum atomic E-state index is -0.184. The number of nitrogens with zero attached hydrogens (tertiary/aromatic N) is 2. The number of aromatic amines is 1. The van der Waals surface area contributed by atoms with Crippen LogP contribution in [0.1, 0.15) is 29.4 Å². The summed E-state index contributed by atoms with van der Waals surface area (Å²) in [4.78, 5) is 12.6. The van der Waals surface area contributed by atoms with Gasteiger partial charge >= 0.3 is 0 Å². The molecule has 1 amide bonds. The average molecular weight is 362 g/mol. The molecule has 4 aromatic rings. The van der Waals surface area contributed by atoms with Gasteiger partial charge in [-0.05, 0) is 36.6 Å². The molecule has 138 valence electrons. The molecule has 0 radical (unpaired) electrons. The summed E-state index contributed by atoms with van der Waals surface area (Å²) in [5, 5.41) is 11.3. The maximum absolute atomic E-state index is 12.6. The Hall–Kier alpha value is -3.28. The number of aryl methyl sites for hydroxylation is 1. The third kappa shape index (κ3) is 3.38. The molecule has 3 heterocycles. The number of furan rings is 1. The van der Waals surface area contributed by atoms with Crippen LogP contribution in [0.2, 0.25) is 0 Å². The summed E-state index contributed by atoms with van der Waals surface area (Å²) in [6.07, 6.45) is 5.35. The van der Waals surface area contributed by atoms with E-state index in [1.807, 2.05) is 25.2 Å². The van der Waals surface area contributed by atoms with Gasteiger partial charge in [-0.2, -0.15) is 5.10 Å². The Labute approximate surface area is 157 Å². The normalized spacial score (nSPS) is 12.4. The minimum absolute atomic E-state index is 0.0343. The van der Waals surface area contributed by atoms with Crippen LogP contribution in [-0.4, -0.2) is 26.7 Å². The number of hydrogen-bond donors (Lipinski definition) is 2. The largest absolute Gasteiger partial charge is 0.463 e. The fourth-order valence-corrected chi connectivity index (χ4v) is 3.41. The maximum atomic E-state index is 12.6. The van der Waals surface area contributed by atoms with Crippen LogP contribution in [0.5, 0.6) is 0 Å². The standard InChI is InChI=1S/C21H22N4O2/c1-3-15(11-14-13-25(2)19-8-5-4-7-16(14)19)22-21(26)18-12-17(23-24-18)20-9-6-10-27-20/h4-10,12-13,15H,3,11H2,1-2H3,(H,22,26)(H,23,24). The zero-order valence-corrected chi connectivity index (χ0v) is 15.4. The molecule has 1 aromatic carbocycles. The molecule has 0 aliphatic carbocycles. The summed E-state index contributed by atoms with van der Waals surface area (Å²) < 4.78 is 7.46. The first kappa shape index (κ1) is 17.1. The Kier molecular flexibility index (Phi) is 4.54. The van der Waals surface area contributed by atoms with E-state index in [1.165, 1.54) is 16.5 Å². The lowest BCUT2D eigenvalue weighted by atomic mass is 10.0. The molecule has 1 unspecified atom stereocenters. The van der Waals surface area contributed by atoms with Crippen LogP contribution < -0.4 is 5.32 Å². The maximum Gasteiger partial charge on any atom is 0.272 e. The second-order valence-corrected chi connectivity index (χ2v) is 6.71. The summed E-state index contributed by atoms with van der Waals surface area (Å²) in [6, 6.07) is 13.7. The number of amides is 1. The monoisotopic (exact) mass is 362 g/mol. The van der Waals surface area contributed by atoms with E-state index in [1.54, 1.807) is 18.4 Å². The van der Waals surface area contributed by atoms with Crippen LogP contribution in [0.4, 0.5) is 0 Å². The van der Waals surface area contributed by atoms with Gasteiger partial charge in [-0.1, -0.05) is 25.1 Å². The molecule has 0 spiro atoms. The van der Waals surface area contributed by atoms with Gasteiger partial charge in [-0.15, -0.1) is 0 Å². The SMILES string of the molecule is CCC(Cc1cn(C)c2ccccc12)NC(=O)c1cc(-c2ccco2)[nH]n1. The highest BCUT2D eigenvalue weighted by molar-refractivity contribution is 5.93. The van der Waals surface area contributed by atoms with Crippen molar-refractivity contribution in [3.05, 3.63) is 66.2 Å². The Morgan fingerprint density at radius 3 is 2.93 bits per heavy atom. The van der Waals surface area contributed by atoms with Gasteiger partial charge in [0.1, 0.15) is 5.69 Å². The molecule has 27 heavy (non-hydrogen) atoms. The lowest BCUT2D eigenvalue weighted by Crippen LogP contribution is -2.36. The molecular weight excluding hydrogens is 340 g/mol. The van der Waals surface area contributed by atoms with E-state index in [9.17, 15) is 4.79 Å². The van der Waals surface area contributed by atoms with Crippen LogP contribution in [0.3, 0.4) is 0 Å². The number of carbonyl (C=O) groups is 1. The van der Waals surface area contributed by atoms with Crippen molar-refractivity contribution in [2.24, 2.45) is 7.05 Å². The lowest BCUT2D eigenvalue weighted by molar-refractivity contribution is 0.0931. The highest BCUT2D eigenvalue weighted by atomic mass is 16.3. The molecule has 6 nitrogen and oxygen atoms in total. The highest BCUT2D eigenvalue weighted by Gasteiger charge is 2.18. The third-order valence-corrected chi connectivity index (χ3v) is 4.87. The Morgan fingerprint density at radius 2 is 2.15 bits per heavy atom. The van der Waals surface area contributed by atoms with Gasteiger partial charge in [-0.3, -0.25) is 9.89 Å². The van der Waals surface area contributed by atoms with Gasteiger partial charge in [0.05, 0.1) is 6.26 Å². The summed E-state index contributed by atoms with van der Waals surface area (Å²) in [5.41, 5.74) is 3.48. The van der Waals surface area contributed by atoms with E-state index in [4.69, 9.17) is 4.42 Å². The summed E-state index contributed by atoms with van der Waals surface area (Å²) in [5.74, 6) is 0.473. The second kappa shape index (κ2) is 7.15. The second-order valence-electron chi connectivity index (χ2n) is 6.71. The van der Waals surface area contributed by atoms with Crippen LogP contribution in [-0.2, 0) is 13.5 Å². The minimum Gasteiger partial charge on any atom is -0.463 e. The number of aromatic nitrogens is 3. The van der Waals surface area contributed by atoms with Gasteiger partial charge in [-0.25, -0.2) is 0 Å². The van der Waals surface area contributed by atoms with Gasteiger partial charge in [0, 0.05) is 36.3 Å². The summed E-state index contributed by atoms with van der Waals surface area (Å²) in [7, 11) is 2.05. The van der Waals surface area contributed by atoms with Gasteiger partial charge in [0.25, 0.3) is 5.91 Å². The number of fused-ring (bicyclic) bond motifs is 1. The lowest BCUT2D eigenvalue weighted by Gasteiger charge is -2.16. The third-order valence-electron chi connectivity index (χ3n) is 4.87. The first-order chi connectivity index (χ1) is 13.2. The van der Waals surface area contributed by atoms with E-state index < -0.39 is 0 Å². The number of rotatable bonds is 6. The number of nitrogens with one attached hydrogen (secondary N) is 2. The Morgan fingerprint density at radius 1 is 1.30 bits per heavy atom. The zero-order chi connectivity index (χ0) is 18.8. The summed E-state index contributed by atoms with van der Waals surface area (Å²) >= 11 is 0. The van der Waals surface area contributed by atoms with Crippen molar-refractivity contribution in [2.45, 2.75) is 25.8 Å². The van der Waals surface area contributed by atoms with Crippen molar-refractivity contribution < 1.29 is 9.21 Å². The molecule has 0 saturated heterocycles. The molecular formula is C21H22N4O2. The first-order valence-corrected chi connectivity index (χ1v) is 9.08. The first-order valence-electron chi connectivity index (χ1n) is 9.08. The Bertz CT molecular complexity index is 1060. The van der Waals surface area contributed by atoms with Crippen molar-refractivity contribution in [3.8, 4) is 11.5 Å². The number of benzene rings is 1. The van der Waals surface area contributed by atoms with Crippen molar-refractivity contribution in [3.63, 3.8) is 0 Å². The molecule has 0 saturated carbocycles. The molecule has 2 N–H and O–H groups in total. The smallest absolute Gasteiger partial charge is 0.272 e. The topological polar surface area (TPSA) is 75.8 Å². The van der Waals surface area contributed by atoms with E-state index in [2.05, 4.69) is 45.3 Å². The summed E-state index contributed by atoms with van der Waals surface area (Å²) in [6.45, 7) is 2.08. The van der Waals surface area contributed by atoms with Crippen molar-refractivity contribution in [1.82, 2.24) is 20.1 Å². The highest BCUT2D eigenvalue weighted by Crippen LogP contribution is 2.22. The van der Waals surface area contributed by atoms with E-state index in [0.717, 1.165) is 12.8 Å². The van der Waals surface area contributed by atoms with Crippen molar-refractivity contribution in [1.29, 1.82) is 0 Å². The predicted molar refractivity (Wildman–Crippen MR) is 104 cm³/mol.